The molecule has 2 rings (SSSR count). The number of hydrogen-bond acceptors (Lipinski definition) is 5. The fraction of sp³-hybridized carbons (Fsp3) is 0.158. The highest BCUT2D eigenvalue weighted by Crippen LogP contribution is 2.11. The topological polar surface area (TPSA) is 102 Å². The van der Waals surface area contributed by atoms with E-state index in [-0.39, 0.29) is 11.3 Å². The number of nitrogens with one attached hydrogen (secondary N) is 2. The van der Waals surface area contributed by atoms with Crippen LogP contribution in [0, 0.1) is 5.82 Å². The largest absolute Gasteiger partial charge is 0.454 e. The molecule has 0 atom stereocenters. The maximum atomic E-state index is 13.0. The number of hydrogen-bond donors (Lipinski definition) is 2. The van der Waals surface area contributed by atoms with Crippen molar-refractivity contribution in [3.8, 4) is 0 Å². The SMILES string of the molecule is CC(=O)c1cccc(NC(=O)COC(=O)CNC(=O)c2cccc(F)c2)c1. The van der Waals surface area contributed by atoms with Gasteiger partial charge in [0.05, 0.1) is 0 Å². The number of halogens is 1. The van der Waals surface area contributed by atoms with Gasteiger partial charge in [-0.3, -0.25) is 19.2 Å². The van der Waals surface area contributed by atoms with Gasteiger partial charge in [-0.25, -0.2) is 4.39 Å². The predicted molar refractivity (Wildman–Crippen MR) is 94.8 cm³/mol. The number of ketones is 1. The van der Waals surface area contributed by atoms with Crippen LogP contribution in [0.4, 0.5) is 10.1 Å². The highest BCUT2D eigenvalue weighted by molar-refractivity contribution is 5.98. The summed E-state index contributed by atoms with van der Waals surface area (Å²) in [5.41, 5.74) is 0.888. The smallest absolute Gasteiger partial charge is 0.325 e. The molecule has 140 valence electrons. The van der Waals surface area contributed by atoms with Crippen LogP contribution in [0.5, 0.6) is 0 Å². The second-order valence-electron chi connectivity index (χ2n) is 5.54. The fourth-order valence-corrected chi connectivity index (χ4v) is 2.09. The van der Waals surface area contributed by atoms with Crippen LogP contribution in [0.25, 0.3) is 0 Å². The molecule has 2 aromatic carbocycles. The number of esters is 1. The lowest BCUT2D eigenvalue weighted by molar-refractivity contribution is -0.146. The Morgan fingerprint density at radius 3 is 2.41 bits per heavy atom. The lowest BCUT2D eigenvalue weighted by Crippen LogP contribution is -2.32. The Kier molecular flexibility index (Phi) is 6.76. The molecule has 8 heteroatoms. The van der Waals surface area contributed by atoms with Gasteiger partial charge in [-0.1, -0.05) is 18.2 Å². The Bertz CT molecular complexity index is 882. The van der Waals surface area contributed by atoms with Gasteiger partial charge in [0.2, 0.25) is 0 Å². The molecule has 0 unspecified atom stereocenters. The molecule has 7 nitrogen and oxygen atoms in total. The number of carbonyl (C=O) groups is 4. The van der Waals surface area contributed by atoms with Crippen LogP contribution in [0.3, 0.4) is 0 Å². The summed E-state index contributed by atoms with van der Waals surface area (Å²) < 4.78 is 17.8. The summed E-state index contributed by atoms with van der Waals surface area (Å²) in [6.07, 6.45) is 0. The van der Waals surface area contributed by atoms with E-state index in [1.165, 1.54) is 31.2 Å². The van der Waals surface area contributed by atoms with Crippen LogP contribution in [-0.2, 0) is 14.3 Å². The van der Waals surface area contributed by atoms with Crippen molar-refractivity contribution in [2.75, 3.05) is 18.5 Å². The summed E-state index contributed by atoms with van der Waals surface area (Å²) in [5, 5.41) is 4.76. The van der Waals surface area contributed by atoms with Crippen LogP contribution < -0.4 is 10.6 Å². The first kappa shape index (κ1) is 19.8. The molecule has 0 saturated carbocycles. The number of benzene rings is 2. The van der Waals surface area contributed by atoms with Crippen molar-refractivity contribution in [2.45, 2.75) is 6.92 Å². The normalized spacial score (nSPS) is 10.0. The molecule has 0 aliphatic carbocycles. The Morgan fingerprint density at radius 2 is 1.70 bits per heavy atom. The van der Waals surface area contributed by atoms with Gasteiger partial charge in [0, 0.05) is 16.8 Å². The number of Topliss-reactive ketones (excluding diaryl/α,β-unsaturated/α-hetero) is 1. The number of amides is 2. The summed E-state index contributed by atoms with van der Waals surface area (Å²) >= 11 is 0. The highest BCUT2D eigenvalue weighted by Gasteiger charge is 2.12. The molecule has 0 heterocycles. The van der Waals surface area contributed by atoms with Gasteiger partial charge in [-0.15, -0.1) is 0 Å². The van der Waals surface area contributed by atoms with Crippen LogP contribution >= 0.6 is 0 Å². The van der Waals surface area contributed by atoms with E-state index in [1.54, 1.807) is 18.2 Å². The third-order valence-electron chi connectivity index (χ3n) is 3.40. The summed E-state index contributed by atoms with van der Waals surface area (Å²) in [6.45, 7) is 0.377. The molecule has 0 aliphatic rings. The van der Waals surface area contributed by atoms with Crippen molar-refractivity contribution in [3.05, 3.63) is 65.5 Å². The van der Waals surface area contributed by atoms with Gasteiger partial charge < -0.3 is 15.4 Å². The van der Waals surface area contributed by atoms with Gasteiger partial charge in [-0.2, -0.15) is 0 Å². The summed E-state index contributed by atoms with van der Waals surface area (Å²) in [7, 11) is 0. The van der Waals surface area contributed by atoms with Crippen molar-refractivity contribution in [2.24, 2.45) is 0 Å². The number of anilines is 1. The maximum Gasteiger partial charge on any atom is 0.325 e. The predicted octanol–water partition coefficient (Wildman–Crippen LogP) is 1.94. The zero-order valence-electron chi connectivity index (χ0n) is 14.5. The quantitative estimate of drug-likeness (QED) is 0.571. The monoisotopic (exact) mass is 372 g/mol. The maximum absolute atomic E-state index is 13.0. The number of rotatable bonds is 7. The average Bonchev–Trinajstić information content (AvgIpc) is 2.64. The van der Waals surface area contributed by atoms with E-state index in [1.807, 2.05) is 0 Å². The van der Waals surface area contributed by atoms with Crippen LogP contribution in [0.15, 0.2) is 48.5 Å². The molecule has 0 aromatic heterocycles. The minimum absolute atomic E-state index is 0.0610. The summed E-state index contributed by atoms with van der Waals surface area (Å²) in [4.78, 5) is 46.5. The highest BCUT2D eigenvalue weighted by atomic mass is 19.1. The van der Waals surface area contributed by atoms with Crippen molar-refractivity contribution in [3.63, 3.8) is 0 Å². The van der Waals surface area contributed by atoms with E-state index in [9.17, 15) is 23.6 Å². The molecule has 0 saturated heterocycles. The minimum Gasteiger partial charge on any atom is -0.454 e. The third-order valence-corrected chi connectivity index (χ3v) is 3.40. The lowest BCUT2D eigenvalue weighted by Gasteiger charge is -2.08. The number of ether oxygens (including phenoxy) is 1. The fourth-order valence-electron chi connectivity index (χ4n) is 2.09. The van der Waals surface area contributed by atoms with E-state index in [4.69, 9.17) is 4.74 Å². The van der Waals surface area contributed by atoms with Crippen molar-refractivity contribution < 1.29 is 28.3 Å². The van der Waals surface area contributed by atoms with Crippen molar-refractivity contribution >= 4 is 29.3 Å². The van der Waals surface area contributed by atoms with E-state index >= 15 is 0 Å². The zero-order chi connectivity index (χ0) is 19.8. The lowest BCUT2D eigenvalue weighted by atomic mass is 10.1. The molecule has 27 heavy (non-hydrogen) atoms. The van der Waals surface area contributed by atoms with Crippen LogP contribution in [-0.4, -0.2) is 36.7 Å². The van der Waals surface area contributed by atoms with E-state index in [0.717, 1.165) is 6.07 Å². The molecule has 0 bridgehead atoms. The first-order chi connectivity index (χ1) is 12.8. The zero-order valence-corrected chi connectivity index (χ0v) is 14.5. The third kappa shape index (κ3) is 6.35. The average molecular weight is 372 g/mol. The summed E-state index contributed by atoms with van der Waals surface area (Å²) in [5.74, 6) is -2.79. The Labute approximate surface area is 154 Å². The molecule has 2 N–H and O–H groups in total. The first-order valence-electron chi connectivity index (χ1n) is 7.95. The van der Waals surface area contributed by atoms with Crippen LogP contribution in [0.2, 0.25) is 0 Å². The second-order valence-corrected chi connectivity index (χ2v) is 5.54. The van der Waals surface area contributed by atoms with E-state index in [0.29, 0.717) is 11.3 Å². The van der Waals surface area contributed by atoms with Crippen LogP contribution in [0.1, 0.15) is 27.6 Å². The minimum atomic E-state index is -0.826. The van der Waals surface area contributed by atoms with Gasteiger partial charge >= 0.3 is 5.97 Å². The van der Waals surface area contributed by atoms with Gasteiger partial charge in [0.15, 0.2) is 12.4 Å². The van der Waals surface area contributed by atoms with Crippen molar-refractivity contribution in [1.82, 2.24) is 5.32 Å². The summed E-state index contributed by atoms with van der Waals surface area (Å²) in [6, 6.07) is 11.3. The molecule has 2 amide bonds. The van der Waals surface area contributed by atoms with Gasteiger partial charge in [0.1, 0.15) is 12.4 Å². The Morgan fingerprint density at radius 1 is 1.00 bits per heavy atom. The van der Waals surface area contributed by atoms with Crippen molar-refractivity contribution in [1.29, 1.82) is 0 Å². The van der Waals surface area contributed by atoms with E-state index in [2.05, 4.69) is 10.6 Å². The van der Waals surface area contributed by atoms with Gasteiger partial charge in [-0.05, 0) is 37.3 Å². The number of carbonyl (C=O) groups excluding carboxylic acids is 4. The molecule has 0 fully saturated rings. The molecule has 0 spiro atoms. The molecular formula is C19H17FN2O5. The van der Waals surface area contributed by atoms with E-state index < -0.39 is 36.8 Å². The van der Waals surface area contributed by atoms with Gasteiger partial charge in [0.25, 0.3) is 11.8 Å². The standard InChI is InChI=1S/C19H17FN2O5/c1-12(23)13-4-3-7-16(9-13)22-17(24)11-27-18(25)10-21-19(26)14-5-2-6-15(20)8-14/h2-9H,10-11H2,1H3,(H,21,26)(H,22,24). The first-order valence-corrected chi connectivity index (χ1v) is 7.95. The Hall–Kier alpha value is -3.55. The second kappa shape index (κ2) is 9.23. The molecular weight excluding hydrogens is 355 g/mol. The molecule has 2 aromatic rings. The molecule has 0 aliphatic heterocycles. The Balaban J connectivity index is 1.76. The molecule has 0 radical (unpaired) electrons.